The van der Waals surface area contributed by atoms with Crippen LogP contribution in [0.4, 0.5) is 4.39 Å². The Kier molecular flexibility index (Phi) is 3.87. The number of rotatable bonds is 4. The maximum absolute atomic E-state index is 12.9. The minimum Gasteiger partial charge on any atom is -0.507 e. The molecule has 4 N–H and O–H groups in total. The molecule has 1 aromatic carbocycles. The van der Waals surface area contributed by atoms with Gasteiger partial charge in [-0.15, -0.1) is 0 Å². The summed E-state index contributed by atoms with van der Waals surface area (Å²) >= 11 is 0. The van der Waals surface area contributed by atoms with Gasteiger partial charge in [0.1, 0.15) is 11.6 Å². The van der Waals surface area contributed by atoms with Crippen molar-refractivity contribution < 1.29 is 29.3 Å². The van der Waals surface area contributed by atoms with E-state index in [4.69, 9.17) is 5.11 Å². The highest BCUT2D eigenvalue weighted by Gasteiger charge is 2.30. The van der Waals surface area contributed by atoms with Crippen LogP contribution in [-0.4, -0.2) is 39.3 Å². The van der Waals surface area contributed by atoms with Crippen LogP contribution in [0.15, 0.2) is 18.2 Å². The van der Waals surface area contributed by atoms with E-state index < -0.39 is 35.6 Å². The predicted molar refractivity (Wildman–Crippen MR) is 58.7 cm³/mol. The molecule has 0 aliphatic rings. The Morgan fingerprint density at radius 1 is 1.44 bits per heavy atom. The minimum absolute atomic E-state index is 0.337. The summed E-state index contributed by atoms with van der Waals surface area (Å²) in [4.78, 5) is 22.1. The lowest BCUT2D eigenvalue weighted by molar-refractivity contribution is -0.155. The van der Waals surface area contributed by atoms with Gasteiger partial charge in [-0.3, -0.25) is 4.79 Å². The second kappa shape index (κ2) is 5.01. The summed E-state index contributed by atoms with van der Waals surface area (Å²) < 4.78 is 12.9. The van der Waals surface area contributed by atoms with Crippen molar-refractivity contribution in [3.8, 4) is 5.75 Å². The standard InChI is InChI=1S/C11H12FNO5/c1-11(18,10(16)17)5-13-9(15)7-4-6(12)2-3-8(7)14/h2-4,14,18H,5H2,1H3,(H,13,15)(H,16,17). The van der Waals surface area contributed by atoms with Crippen molar-refractivity contribution >= 4 is 11.9 Å². The zero-order chi connectivity index (χ0) is 13.9. The largest absolute Gasteiger partial charge is 0.507 e. The highest BCUT2D eigenvalue weighted by atomic mass is 19.1. The summed E-state index contributed by atoms with van der Waals surface area (Å²) in [6.45, 7) is 0.429. The number of hydrogen-bond donors (Lipinski definition) is 4. The van der Waals surface area contributed by atoms with Crippen molar-refractivity contribution in [3.63, 3.8) is 0 Å². The molecule has 0 aliphatic carbocycles. The van der Waals surface area contributed by atoms with Gasteiger partial charge in [0.15, 0.2) is 5.60 Å². The number of amides is 1. The first-order valence-electron chi connectivity index (χ1n) is 4.96. The van der Waals surface area contributed by atoms with Crippen LogP contribution >= 0.6 is 0 Å². The minimum atomic E-state index is -2.14. The number of carboxylic acids is 1. The first-order chi connectivity index (χ1) is 8.24. The third-order valence-electron chi connectivity index (χ3n) is 2.26. The van der Waals surface area contributed by atoms with Gasteiger partial charge < -0.3 is 20.6 Å². The predicted octanol–water partition coefficient (Wildman–Crippen LogP) is 0.0967. The fraction of sp³-hybridized carbons (Fsp3) is 0.273. The molecule has 0 heterocycles. The van der Waals surface area contributed by atoms with Crippen LogP contribution in [-0.2, 0) is 4.79 Å². The van der Waals surface area contributed by atoms with E-state index in [1.807, 2.05) is 0 Å². The third kappa shape index (κ3) is 3.17. The third-order valence-corrected chi connectivity index (χ3v) is 2.26. The van der Waals surface area contributed by atoms with Crippen molar-refractivity contribution in [1.29, 1.82) is 0 Å². The van der Waals surface area contributed by atoms with E-state index >= 15 is 0 Å². The lowest BCUT2D eigenvalue weighted by Crippen LogP contribution is -2.46. The van der Waals surface area contributed by atoms with E-state index in [1.165, 1.54) is 0 Å². The Morgan fingerprint density at radius 3 is 2.61 bits per heavy atom. The summed E-state index contributed by atoms with van der Waals surface area (Å²) in [5.41, 5.74) is -2.48. The molecule has 0 aromatic heterocycles. The van der Waals surface area contributed by atoms with Crippen molar-refractivity contribution in [1.82, 2.24) is 5.32 Å². The van der Waals surface area contributed by atoms with Crippen LogP contribution < -0.4 is 5.32 Å². The number of carbonyl (C=O) groups is 2. The Balaban J connectivity index is 2.78. The molecule has 98 valence electrons. The van der Waals surface area contributed by atoms with Gasteiger partial charge in [0.2, 0.25) is 0 Å². The molecule has 0 saturated carbocycles. The molecule has 1 rings (SSSR count). The average molecular weight is 257 g/mol. The molecule has 6 nitrogen and oxygen atoms in total. The first-order valence-corrected chi connectivity index (χ1v) is 4.96. The number of aromatic hydroxyl groups is 1. The summed E-state index contributed by atoms with van der Waals surface area (Å²) in [5, 5.41) is 29.4. The van der Waals surface area contributed by atoms with Gasteiger partial charge in [0.25, 0.3) is 5.91 Å². The van der Waals surface area contributed by atoms with Crippen LogP contribution in [0, 0.1) is 5.82 Å². The first kappa shape index (κ1) is 13.9. The molecule has 1 atom stereocenters. The number of carbonyl (C=O) groups excluding carboxylic acids is 1. The number of aliphatic hydroxyl groups is 1. The monoisotopic (exact) mass is 257 g/mol. The van der Waals surface area contributed by atoms with Gasteiger partial charge in [0, 0.05) is 0 Å². The van der Waals surface area contributed by atoms with E-state index in [2.05, 4.69) is 5.32 Å². The van der Waals surface area contributed by atoms with E-state index in [1.54, 1.807) is 0 Å². The number of phenolic OH excluding ortho intramolecular Hbond substituents is 1. The van der Waals surface area contributed by atoms with Crippen molar-refractivity contribution in [3.05, 3.63) is 29.6 Å². The van der Waals surface area contributed by atoms with Crippen LogP contribution in [0.1, 0.15) is 17.3 Å². The normalized spacial score (nSPS) is 13.7. The fourth-order valence-corrected chi connectivity index (χ4v) is 1.11. The molecule has 18 heavy (non-hydrogen) atoms. The van der Waals surface area contributed by atoms with Crippen molar-refractivity contribution in [2.75, 3.05) is 6.54 Å². The molecule has 1 aromatic rings. The summed E-state index contributed by atoms with van der Waals surface area (Å²) in [6.07, 6.45) is 0. The molecule has 0 aliphatic heterocycles. The highest BCUT2D eigenvalue weighted by molar-refractivity contribution is 5.97. The van der Waals surface area contributed by atoms with Crippen molar-refractivity contribution in [2.24, 2.45) is 0 Å². The van der Waals surface area contributed by atoms with Gasteiger partial charge in [-0.05, 0) is 25.1 Å². The van der Waals surface area contributed by atoms with Crippen LogP contribution in [0.2, 0.25) is 0 Å². The molecular formula is C11H12FNO5. The summed E-state index contributed by atoms with van der Waals surface area (Å²) in [6, 6.07) is 2.78. The molecular weight excluding hydrogens is 245 g/mol. The second-order valence-corrected chi connectivity index (χ2v) is 3.92. The van der Waals surface area contributed by atoms with E-state index in [0.717, 1.165) is 25.1 Å². The summed E-state index contributed by atoms with van der Waals surface area (Å²) in [5.74, 6) is -3.55. The van der Waals surface area contributed by atoms with E-state index in [9.17, 15) is 24.2 Å². The Bertz CT molecular complexity index is 486. The van der Waals surface area contributed by atoms with E-state index in [0.29, 0.717) is 0 Å². The maximum Gasteiger partial charge on any atom is 0.337 e. The number of phenols is 1. The summed E-state index contributed by atoms with van der Waals surface area (Å²) in [7, 11) is 0. The molecule has 0 bridgehead atoms. The molecule has 0 spiro atoms. The molecule has 0 fully saturated rings. The molecule has 0 radical (unpaired) electrons. The number of benzene rings is 1. The molecule has 1 amide bonds. The Morgan fingerprint density at radius 2 is 2.06 bits per heavy atom. The molecule has 1 unspecified atom stereocenters. The topological polar surface area (TPSA) is 107 Å². The number of nitrogens with one attached hydrogen (secondary N) is 1. The number of aliphatic carboxylic acids is 1. The SMILES string of the molecule is CC(O)(CNC(=O)c1cc(F)ccc1O)C(=O)O. The number of halogens is 1. The van der Waals surface area contributed by atoms with Gasteiger partial charge in [-0.2, -0.15) is 0 Å². The lowest BCUT2D eigenvalue weighted by atomic mass is 10.1. The molecule has 0 saturated heterocycles. The quantitative estimate of drug-likeness (QED) is 0.612. The zero-order valence-electron chi connectivity index (χ0n) is 9.48. The average Bonchev–Trinajstić information content (AvgIpc) is 2.29. The van der Waals surface area contributed by atoms with Gasteiger partial charge >= 0.3 is 5.97 Å². The van der Waals surface area contributed by atoms with Crippen LogP contribution in [0.25, 0.3) is 0 Å². The lowest BCUT2D eigenvalue weighted by Gasteiger charge is -2.18. The van der Waals surface area contributed by atoms with E-state index in [-0.39, 0.29) is 5.56 Å². The zero-order valence-corrected chi connectivity index (χ0v) is 9.48. The second-order valence-electron chi connectivity index (χ2n) is 3.92. The Labute approximate surface area is 102 Å². The highest BCUT2D eigenvalue weighted by Crippen LogP contribution is 2.17. The maximum atomic E-state index is 12.9. The van der Waals surface area contributed by atoms with Crippen molar-refractivity contribution in [2.45, 2.75) is 12.5 Å². The number of hydrogen-bond acceptors (Lipinski definition) is 4. The Hall–Kier alpha value is -2.15. The van der Waals surface area contributed by atoms with Gasteiger partial charge in [0.05, 0.1) is 12.1 Å². The van der Waals surface area contributed by atoms with Crippen LogP contribution in [0.3, 0.4) is 0 Å². The smallest absolute Gasteiger partial charge is 0.337 e. The fourth-order valence-electron chi connectivity index (χ4n) is 1.11. The van der Waals surface area contributed by atoms with Gasteiger partial charge in [-0.25, -0.2) is 9.18 Å². The molecule has 7 heteroatoms. The van der Waals surface area contributed by atoms with Crippen LogP contribution in [0.5, 0.6) is 5.75 Å². The van der Waals surface area contributed by atoms with Gasteiger partial charge in [-0.1, -0.05) is 0 Å². The number of carboxylic acid groups (broad SMARTS) is 1.